The van der Waals surface area contributed by atoms with Gasteiger partial charge in [0.1, 0.15) is 11.5 Å². The van der Waals surface area contributed by atoms with Gasteiger partial charge in [0.2, 0.25) is 0 Å². The lowest BCUT2D eigenvalue weighted by Crippen LogP contribution is -2.13. The third kappa shape index (κ3) is 2.15. The number of carboxylic acids is 1. The third-order valence-corrected chi connectivity index (χ3v) is 3.44. The third-order valence-electron chi connectivity index (χ3n) is 3.44. The molecule has 0 fully saturated rings. The molecule has 0 bridgehead atoms. The van der Waals surface area contributed by atoms with Crippen LogP contribution in [0.5, 0.6) is 11.5 Å². The number of carbonyl (C=O) groups is 1. The van der Waals surface area contributed by atoms with Gasteiger partial charge in [0.25, 0.3) is 0 Å². The van der Waals surface area contributed by atoms with E-state index in [1.807, 2.05) is 20.8 Å². The first kappa shape index (κ1) is 14.4. The van der Waals surface area contributed by atoms with Gasteiger partial charge < -0.3 is 14.6 Å². The maximum Gasteiger partial charge on any atom is 0.310 e. The van der Waals surface area contributed by atoms with Gasteiger partial charge >= 0.3 is 5.97 Å². The van der Waals surface area contributed by atoms with Gasteiger partial charge in [0.15, 0.2) is 0 Å². The summed E-state index contributed by atoms with van der Waals surface area (Å²) in [6.07, 6.45) is 0. The summed E-state index contributed by atoms with van der Waals surface area (Å²) in [7, 11) is 3.15. The van der Waals surface area contributed by atoms with Crippen LogP contribution in [-0.4, -0.2) is 25.3 Å². The monoisotopic (exact) mass is 252 g/mol. The standard InChI is InChI=1S/C14H20O4/c1-7-8(2)13(18-6)11(10(4)14(15)16)9(3)12(7)17-5/h10H,1-6H3,(H,15,16). The highest BCUT2D eigenvalue weighted by Crippen LogP contribution is 2.41. The molecule has 0 saturated heterocycles. The van der Waals surface area contributed by atoms with Crippen LogP contribution < -0.4 is 9.47 Å². The van der Waals surface area contributed by atoms with E-state index in [0.717, 1.165) is 22.4 Å². The van der Waals surface area contributed by atoms with E-state index >= 15 is 0 Å². The molecule has 4 nitrogen and oxygen atoms in total. The first-order valence-corrected chi connectivity index (χ1v) is 5.81. The Morgan fingerprint density at radius 1 is 1.00 bits per heavy atom. The van der Waals surface area contributed by atoms with Crippen molar-refractivity contribution in [1.29, 1.82) is 0 Å². The molecule has 1 N–H and O–H groups in total. The number of hydrogen-bond donors (Lipinski definition) is 1. The molecular weight excluding hydrogens is 232 g/mol. The molecule has 0 aliphatic heterocycles. The van der Waals surface area contributed by atoms with Gasteiger partial charge in [-0.3, -0.25) is 4.79 Å². The van der Waals surface area contributed by atoms with Crippen LogP contribution in [0.15, 0.2) is 0 Å². The fraction of sp³-hybridized carbons (Fsp3) is 0.500. The minimum absolute atomic E-state index is 0.631. The molecule has 0 radical (unpaired) electrons. The highest BCUT2D eigenvalue weighted by Gasteiger charge is 2.26. The maximum atomic E-state index is 11.2. The van der Waals surface area contributed by atoms with Crippen LogP contribution in [0.3, 0.4) is 0 Å². The second-order valence-corrected chi connectivity index (χ2v) is 4.42. The van der Waals surface area contributed by atoms with Crippen molar-refractivity contribution in [3.8, 4) is 11.5 Å². The predicted molar refractivity (Wildman–Crippen MR) is 69.8 cm³/mol. The summed E-state index contributed by atoms with van der Waals surface area (Å²) < 4.78 is 10.8. The van der Waals surface area contributed by atoms with Crippen LogP contribution in [-0.2, 0) is 4.79 Å². The fourth-order valence-electron chi connectivity index (χ4n) is 2.33. The molecule has 0 heterocycles. The van der Waals surface area contributed by atoms with Crippen LogP contribution in [0, 0.1) is 20.8 Å². The summed E-state index contributed by atoms with van der Waals surface area (Å²) >= 11 is 0. The smallest absolute Gasteiger partial charge is 0.310 e. The molecule has 1 aromatic carbocycles. The Hall–Kier alpha value is -1.71. The molecule has 1 aromatic rings. The topological polar surface area (TPSA) is 55.8 Å². The van der Waals surface area contributed by atoms with Crippen molar-refractivity contribution >= 4 is 5.97 Å². The molecule has 0 amide bonds. The van der Waals surface area contributed by atoms with Gasteiger partial charge in [-0.25, -0.2) is 0 Å². The number of hydrogen-bond acceptors (Lipinski definition) is 3. The number of benzene rings is 1. The van der Waals surface area contributed by atoms with Crippen molar-refractivity contribution in [1.82, 2.24) is 0 Å². The zero-order chi connectivity index (χ0) is 14.0. The van der Waals surface area contributed by atoms with E-state index in [2.05, 4.69) is 0 Å². The van der Waals surface area contributed by atoms with E-state index < -0.39 is 11.9 Å². The number of rotatable bonds is 4. The van der Waals surface area contributed by atoms with Crippen LogP contribution in [0.25, 0.3) is 0 Å². The lowest BCUT2D eigenvalue weighted by atomic mass is 9.90. The van der Waals surface area contributed by atoms with Gasteiger partial charge in [-0.1, -0.05) is 0 Å². The van der Waals surface area contributed by atoms with Crippen LogP contribution in [0.2, 0.25) is 0 Å². The van der Waals surface area contributed by atoms with E-state index in [4.69, 9.17) is 9.47 Å². The fourth-order valence-corrected chi connectivity index (χ4v) is 2.33. The first-order valence-electron chi connectivity index (χ1n) is 5.81. The molecule has 0 saturated carbocycles. The Bertz CT molecular complexity index is 477. The Balaban J connectivity index is 3.67. The zero-order valence-corrected chi connectivity index (χ0v) is 11.7. The SMILES string of the molecule is COc1c(C)c(C)c(OC)c(C(C)C(=O)O)c1C. The van der Waals surface area contributed by atoms with Crippen molar-refractivity contribution in [3.63, 3.8) is 0 Å². The highest BCUT2D eigenvalue weighted by atomic mass is 16.5. The predicted octanol–water partition coefficient (Wildman–Crippen LogP) is 2.82. The van der Waals surface area contributed by atoms with Crippen molar-refractivity contribution in [2.45, 2.75) is 33.6 Å². The summed E-state index contributed by atoms with van der Waals surface area (Å²) in [5, 5.41) is 9.21. The van der Waals surface area contributed by atoms with Crippen molar-refractivity contribution < 1.29 is 19.4 Å². The van der Waals surface area contributed by atoms with Gasteiger partial charge in [-0.2, -0.15) is 0 Å². The molecule has 0 aromatic heterocycles. The lowest BCUT2D eigenvalue weighted by molar-refractivity contribution is -0.138. The van der Waals surface area contributed by atoms with Gasteiger partial charge in [-0.05, 0) is 44.4 Å². The Labute approximate surface area is 108 Å². The molecule has 1 rings (SSSR count). The van der Waals surface area contributed by atoms with Crippen LogP contribution in [0.1, 0.15) is 35.1 Å². The number of aliphatic carboxylic acids is 1. The van der Waals surface area contributed by atoms with Gasteiger partial charge in [0, 0.05) is 5.56 Å². The number of methoxy groups -OCH3 is 2. The normalized spacial score (nSPS) is 12.1. The van der Waals surface area contributed by atoms with Crippen LogP contribution >= 0.6 is 0 Å². The van der Waals surface area contributed by atoms with Crippen molar-refractivity contribution in [2.24, 2.45) is 0 Å². The molecule has 4 heteroatoms. The molecule has 100 valence electrons. The van der Waals surface area contributed by atoms with E-state index in [9.17, 15) is 9.90 Å². The second kappa shape index (κ2) is 5.29. The zero-order valence-electron chi connectivity index (χ0n) is 11.7. The molecule has 1 atom stereocenters. The number of carboxylic acid groups (broad SMARTS) is 1. The average molecular weight is 252 g/mol. The highest BCUT2D eigenvalue weighted by molar-refractivity contribution is 5.79. The van der Waals surface area contributed by atoms with Gasteiger partial charge in [0.05, 0.1) is 20.1 Å². The van der Waals surface area contributed by atoms with E-state index in [0.29, 0.717) is 11.3 Å². The lowest BCUT2D eigenvalue weighted by Gasteiger charge is -2.22. The van der Waals surface area contributed by atoms with E-state index in [1.165, 1.54) is 0 Å². The Morgan fingerprint density at radius 3 is 1.83 bits per heavy atom. The molecule has 18 heavy (non-hydrogen) atoms. The summed E-state index contributed by atoms with van der Waals surface area (Å²) in [5.74, 6) is -0.132. The summed E-state index contributed by atoms with van der Waals surface area (Å²) in [6, 6.07) is 0. The minimum Gasteiger partial charge on any atom is -0.496 e. The maximum absolute atomic E-state index is 11.2. The van der Waals surface area contributed by atoms with Crippen molar-refractivity contribution in [3.05, 3.63) is 22.3 Å². The van der Waals surface area contributed by atoms with Crippen LogP contribution in [0.4, 0.5) is 0 Å². The molecule has 0 aliphatic rings. The van der Waals surface area contributed by atoms with E-state index in [1.54, 1.807) is 21.1 Å². The molecular formula is C14H20O4. The largest absolute Gasteiger partial charge is 0.496 e. The summed E-state index contributed by atoms with van der Waals surface area (Å²) in [6.45, 7) is 7.37. The summed E-state index contributed by atoms with van der Waals surface area (Å²) in [4.78, 5) is 11.2. The first-order chi connectivity index (χ1) is 8.36. The van der Waals surface area contributed by atoms with Gasteiger partial charge in [-0.15, -0.1) is 0 Å². The molecule has 1 unspecified atom stereocenters. The minimum atomic E-state index is -0.873. The van der Waals surface area contributed by atoms with E-state index in [-0.39, 0.29) is 0 Å². The number of ether oxygens (including phenoxy) is 2. The quantitative estimate of drug-likeness (QED) is 0.895. The Kier molecular flexibility index (Phi) is 4.22. The van der Waals surface area contributed by atoms with Crippen molar-refractivity contribution in [2.75, 3.05) is 14.2 Å². The second-order valence-electron chi connectivity index (χ2n) is 4.42. The summed E-state index contributed by atoms with van der Waals surface area (Å²) in [5.41, 5.74) is 3.41. The Morgan fingerprint density at radius 2 is 1.44 bits per heavy atom. The molecule has 0 spiro atoms. The molecule has 0 aliphatic carbocycles. The average Bonchev–Trinajstić information content (AvgIpc) is 2.33.